The van der Waals surface area contributed by atoms with E-state index in [9.17, 15) is 18.0 Å². The van der Waals surface area contributed by atoms with E-state index < -0.39 is 12.1 Å². The van der Waals surface area contributed by atoms with Gasteiger partial charge in [0.05, 0.1) is 6.33 Å². The van der Waals surface area contributed by atoms with Crippen molar-refractivity contribution in [3.8, 4) is 5.69 Å². The van der Waals surface area contributed by atoms with Crippen molar-refractivity contribution in [2.75, 3.05) is 6.54 Å². The van der Waals surface area contributed by atoms with Gasteiger partial charge in [0.2, 0.25) is 0 Å². The summed E-state index contributed by atoms with van der Waals surface area (Å²) in [5.74, 6) is -1.77. The summed E-state index contributed by atoms with van der Waals surface area (Å²) in [7, 11) is 0. The zero-order valence-electron chi connectivity index (χ0n) is 11.0. The summed E-state index contributed by atoms with van der Waals surface area (Å²) in [5.41, 5.74) is 2.62. The Kier molecular flexibility index (Phi) is 3.19. The summed E-state index contributed by atoms with van der Waals surface area (Å²) in [6.45, 7) is 0.0800. The molecule has 0 fully saturated rings. The predicted octanol–water partition coefficient (Wildman–Crippen LogP) is 2.32. The monoisotopic (exact) mass is 295 g/mol. The number of carbonyl (C=O) groups is 1. The van der Waals surface area contributed by atoms with Crippen LogP contribution in [0, 0.1) is 0 Å². The first-order valence-electron chi connectivity index (χ1n) is 6.41. The molecule has 1 aliphatic heterocycles. The summed E-state index contributed by atoms with van der Waals surface area (Å²) in [6, 6.07) is 5.50. The first-order valence-corrected chi connectivity index (χ1v) is 6.41. The molecule has 110 valence electrons. The molecule has 21 heavy (non-hydrogen) atoms. The van der Waals surface area contributed by atoms with Crippen LogP contribution in [0.1, 0.15) is 11.1 Å². The summed E-state index contributed by atoms with van der Waals surface area (Å²) < 4.78 is 39.2. The zero-order chi connectivity index (χ0) is 15.0. The van der Waals surface area contributed by atoms with Crippen LogP contribution < -0.4 is 0 Å². The Balaban J connectivity index is 1.84. The number of hydrogen-bond donors (Lipinski definition) is 0. The number of halogens is 3. The minimum absolute atomic E-state index is 0.00210. The number of fused-ring (bicyclic) bond motifs is 1. The Labute approximate surface area is 118 Å². The first-order chi connectivity index (χ1) is 9.95. The lowest BCUT2D eigenvalue weighted by Crippen LogP contribution is -2.43. The van der Waals surface area contributed by atoms with E-state index in [4.69, 9.17) is 0 Å². The molecule has 0 unspecified atom stereocenters. The van der Waals surface area contributed by atoms with Gasteiger partial charge in [0.25, 0.3) is 0 Å². The van der Waals surface area contributed by atoms with Crippen LogP contribution in [0.3, 0.4) is 0 Å². The van der Waals surface area contributed by atoms with Crippen LogP contribution in [0.2, 0.25) is 0 Å². The van der Waals surface area contributed by atoms with Gasteiger partial charge in [-0.1, -0.05) is 6.07 Å². The van der Waals surface area contributed by atoms with Crippen LogP contribution in [-0.2, 0) is 17.8 Å². The molecule has 0 atom stereocenters. The van der Waals surface area contributed by atoms with Gasteiger partial charge in [-0.3, -0.25) is 4.79 Å². The molecule has 0 radical (unpaired) electrons. The van der Waals surface area contributed by atoms with E-state index in [1.807, 2.05) is 16.7 Å². The Morgan fingerprint density at radius 1 is 1.24 bits per heavy atom. The number of nitrogens with zero attached hydrogens (tertiary/aromatic N) is 3. The van der Waals surface area contributed by atoms with E-state index in [1.165, 1.54) is 0 Å². The smallest absolute Gasteiger partial charge is 0.330 e. The number of amides is 1. The highest BCUT2D eigenvalue weighted by atomic mass is 19.4. The molecule has 2 heterocycles. The van der Waals surface area contributed by atoms with Gasteiger partial charge < -0.3 is 9.47 Å². The lowest BCUT2D eigenvalue weighted by Gasteiger charge is -2.29. The molecule has 0 N–H and O–H groups in total. The van der Waals surface area contributed by atoms with E-state index in [-0.39, 0.29) is 13.1 Å². The Hall–Kier alpha value is -2.31. The zero-order valence-corrected chi connectivity index (χ0v) is 11.0. The Morgan fingerprint density at radius 3 is 2.71 bits per heavy atom. The highest BCUT2D eigenvalue weighted by Gasteiger charge is 2.43. The quantitative estimate of drug-likeness (QED) is 0.810. The number of hydrogen-bond acceptors (Lipinski definition) is 2. The Morgan fingerprint density at radius 2 is 2.05 bits per heavy atom. The van der Waals surface area contributed by atoms with E-state index >= 15 is 0 Å². The van der Waals surface area contributed by atoms with E-state index in [2.05, 4.69) is 4.98 Å². The molecule has 0 bridgehead atoms. The summed E-state index contributed by atoms with van der Waals surface area (Å²) >= 11 is 0. The van der Waals surface area contributed by atoms with Crippen LogP contribution >= 0.6 is 0 Å². The van der Waals surface area contributed by atoms with Crippen molar-refractivity contribution in [3.05, 3.63) is 48.0 Å². The number of carbonyl (C=O) groups excluding carboxylic acids is 1. The molecule has 1 aromatic heterocycles. The van der Waals surface area contributed by atoms with Crippen molar-refractivity contribution >= 4 is 5.91 Å². The fourth-order valence-corrected chi connectivity index (χ4v) is 2.46. The molecule has 1 aromatic carbocycles. The van der Waals surface area contributed by atoms with Gasteiger partial charge in [-0.25, -0.2) is 4.98 Å². The SMILES string of the molecule is O=C(N1CCc2cc(-n3ccnc3)ccc2C1)C(F)(F)F. The van der Waals surface area contributed by atoms with Crippen molar-refractivity contribution in [2.45, 2.75) is 19.1 Å². The molecule has 2 aromatic rings. The normalized spacial score (nSPS) is 14.9. The highest BCUT2D eigenvalue weighted by molar-refractivity contribution is 5.82. The molecule has 7 heteroatoms. The topological polar surface area (TPSA) is 38.1 Å². The third kappa shape index (κ3) is 2.63. The average molecular weight is 295 g/mol. The van der Waals surface area contributed by atoms with Gasteiger partial charge in [-0.05, 0) is 29.7 Å². The lowest BCUT2D eigenvalue weighted by molar-refractivity contribution is -0.186. The van der Waals surface area contributed by atoms with Crippen LogP contribution in [-0.4, -0.2) is 33.1 Å². The first kappa shape index (κ1) is 13.7. The third-order valence-electron chi connectivity index (χ3n) is 3.53. The van der Waals surface area contributed by atoms with E-state index in [0.717, 1.165) is 21.7 Å². The van der Waals surface area contributed by atoms with Gasteiger partial charge in [0.1, 0.15) is 0 Å². The molecular weight excluding hydrogens is 283 g/mol. The van der Waals surface area contributed by atoms with Gasteiger partial charge >= 0.3 is 12.1 Å². The van der Waals surface area contributed by atoms with Crippen LogP contribution in [0.5, 0.6) is 0 Å². The van der Waals surface area contributed by atoms with Crippen molar-refractivity contribution in [1.29, 1.82) is 0 Å². The maximum absolute atomic E-state index is 12.5. The molecule has 0 aliphatic carbocycles. The largest absolute Gasteiger partial charge is 0.471 e. The fourth-order valence-electron chi connectivity index (χ4n) is 2.46. The van der Waals surface area contributed by atoms with E-state index in [1.54, 1.807) is 24.8 Å². The van der Waals surface area contributed by atoms with Crippen LogP contribution in [0.25, 0.3) is 5.69 Å². The third-order valence-corrected chi connectivity index (χ3v) is 3.53. The number of imidazole rings is 1. The number of benzene rings is 1. The molecule has 4 nitrogen and oxygen atoms in total. The number of alkyl halides is 3. The minimum atomic E-state index is -4.81. The minimum Gasteiger partial charge on any atom is -0.330 e. The molecule has 3 rings (SSSR count). The van der Waals surface area contributed by atoms with Crippen molar-refractivity contribution in [3.63, 3.8) is 0 Å². The van der Waals surface area contributed by atoms with Gasteiger partial charge in [-0.2, -0.15) is 13.2 Å². The lowest BCUT2D eigenvalue weighted by atomic mass is 9.99. The second-order valence-corrected chi connectivity index (χ2v) is 4.90. The molecular formula is C14H12F3N3O. The number of rotatable bonds is 1. The second kappa shape index (κ2) is 4.91. The number of aromatic nitrogens is 2. The summed E-state index contributed by atoms with van der Waals surface area (Å²) in [4.78, 5) is 16.1. The fraction of sp³-hybridized carbons (Fsp3) is 0.286. The van der Waals surface area contributed by atoms with Gasteiger partial charge in [-0.15, -0.1) is 0 Å². The van der Waals surface area contributed by atoms with Crippen molar-refractivity contribution < 1.29 is 18.0 Å². The maximum Gasteiger partial charge on any atom is 0.471 e. The summed E-state index contributed by atoms with van der Waals surface area (Å²) in [5, 5.41) is 0. The molecule has 1 amide bonds. The molecule has 1 aliphatic rings. The molecule has 0 spiro atoms. The standard InChI is InChI=1S/C14H12F3N3O/c15-14(16,17)13(21)19-5-3-10-7-12(2-1-11(10)8-19)20-6-4-18-9-20/h1-2,4,6-7,9H,3,5,8H2. The Bertz CT molecular complexity index is 665. The van der Waals surface area contributed by atoms with Crippen LogP contribution in [0.4, 0.5) is 13.2 Å². The van der Waals surface area contributed by atoms with Crippen molar-refractivity contribution in [1.82, 2.24) is 14.5 Å². The van der Waals surface area contributed by atoms with Gasteiger partial charge in [0.15, 0.2) is 0 Å². The van der Waals surface area contributed by atoms with Gasteiger partial charge in [0, 0.05) is 31.2 Å². The predicted molar refractivity (Wildman–Crippen MR) is 68.7 cm³/mol. The van der Waals surface area contributed by atoms with Crippen molar-refractivity contribution in [2.24, 2.45) is 0 Å². The highest BCUT2D eigenvalue weighted by Crippen LogP contribution is 2.26. The summed E-state index contributed by atoms with van der Waals surface area (Å²) in [6.07, 6.45) is 0.713. The average Bonchev–Trinajstić information content (AvgIpc) is 2.98. The second-order valence-electron chi connectivity index (χ2n) is 4.90. The molecule has 0 saturated carbocycles. The van der Waals surface area contributed by atoms with Crippen LogP contribution in [0.15, 0.2) is 36.9 Å². The maximum atomic E-state index is 12.5. The molecule has 0 saturated heterocycles. The van der Waals surface area contributed by atoms with E-state index in [0.29, 0.717) is 6.42 Å².